The summed E-state index contributed by atoms with van der Waals surface area (Å²) in [5.74, 6) is 0.0837. The number of nitrogens with zero attached hydrogens (tertiary/aromatic N) is 2. The SMILES string of the molecule is CC1CC(NC(=O)C2CC(N(C)C)C2)C(=O)N1c1ccccc1. The Labute approximate surface area is 137 Å². The van der Waals surface area contributed by atoms with Crippen molar-refractivity contribution in [2.75, 3.05) is 19.0 Å². The average Bonchev–Trinajstić information content (AvgIpc) is 2.72. The minimum atomic E-state index is -0.392. The predicted octanol–water partition coefficient (Wildman–Crippen LogP) is 1.64. The molecule has 5 heteroatoms. The fraction of sp³-hybridized carbons (Fsp3) is 0.556. The lowest BCUT2D eigenvalue weighted by Crippen LogP contribution is -2.50. The van der Waals surface area contributed by atoms with Crippen LogP contribution in [0.2, 0.25) is 0 Å². The number of hydrogen-bond acceptors (Lipinski definition) is 3. The molecule has 23 heavy (non-hydrogen) atoms. The van der Waals surface area contributed by atoms with Gasteiger partial charge >= 0.3 is 0 Å². The van der Waals surface area contributed by atoms with E-state index < -0.39 is 6.04 Å². The second-order valence-corrected chi connectivity index (χ2v) is 6.98. The molecule has 0 radical (unpaired) electrons. The smallest absolute Gasteiger partial charge is 0.249 e. The van der Waals surface area contributed by atoms with Crippen LogP contribution in [0.4, 0.5) is 5.69 Å². The van der Waals surface area contributed by atoms with Gasteiger partial charge in [0.25, 0.3) is 0 Å². The Balaban J connectivity index is 1.60. The fourth-order valence-corrected chi connectivity index (χ4v) is 3.54. The van der Waals surface area contributed by atoms with Crippen molar-refractivity contribution in [3.05, 3.63) is 30.3 Å². The number of hydrogen-bond donors (Lipinski definition) is 1. The third-order valence-electron chi connectivity index (χ3n) is 5.12. The van der Waals surface area contributed by atoms with E-state index in [0.717, 1.165) is 18.5 Å². The maximum Gasteiger partial charge on any atom is 0.249 e. The largest absolute Gasteiger partial charge is 0.344 e. The van der Waals surface area contributed by atoms with E-state index in [1.165, 1.54) is 0 Å². The number of rotatable bonds is 4. The molecule has 1 aromatic carbocycles. The first-order valence-electron chi connectivity index (χ1n) is 8.32. The van der Waals surface area contributed by atoms with Gasteiger partial charge in [-0.05, 0) is 52.4 Å². The highest BCUT2D eigenvalue weighted by atomic mass is 16.2. The highest BCUT2D eigenvalue weighted by molar-refractivity contribution is 6.02. The monoisotopic (exact) mass is 315 g/mol. The van der Waals surface area contributed by atoms with E-state index in [2.05, 4.69) is 10.2 Å². The molecule has 5 nitrogen and oxygen atoms in total. The average molecular weight is 315 g/mol. The van der Waals surface area contributed by atoms with Crippen LogP contribution < -0.4 is 10.2 Å². The van der Waals surface area contributed by atoms with Gasteiger partial charge in [0.2, 0.25) is 11.8 Å². The summed E-state index contributed by atoms with van der Waals surface area (Å²) >= 11 is 0. The summed E-state index contributed by atoms with van der Waals surface area (Å²) in [5, 5.41) is 2.97. The Hall–Kier alpha value is -1.88. The first-order valence-corrected chi connectivity index (χ1v) is 8.32. The molecule has 2 unspecified atom stereocenters. The predicted molar refractivity (Wildman–Crippen MR) is 90.1 cm³/mol. The molecule has 1 saturated heterocycles. The van der Waals surface area contributed by atoms with Gasteiger partial charge in [0.15, 0.2) is 0 Å². The van der Waals surface area contributed by atoms with Crippen LogP contribution in [-0.4, -0.2) is 48.9 Å². The standard InChI is InChI=1S/C18H25N3O2/c1-12-9-16(18(23)21(12)14-7-5-4-6-8-14)19-17(22)13-10-15(11-13)20(2)3/h4-8,12-13,15-16H,9-11H2,1-3H3,(H,19,22). The molecule has 2 atom stereocenters. The Kier molecular flexibility index (Phi) is 4.39. The van der Waals surface area contributed by atoms with Crippen LogP contribution in [0.25, 0.3) is 0 Å². The zero-order chi connectivity index (χ0) is 16.6. The molecule has 124 valence electrons. The molecular weight excluding hydrogens is 290 g/mol. The Morgan fingerprint density at radius 3 is 2.43 bits per heavy atom. The molecule has 1 N–H and O–H groups in total. The van der Waals surface area contributed by atoms with Crippen LogP contribution >= 0.6 is 0 Å². The van der Waals surface area contributed by atoms with Crippen molar-refractivity contribution in [3.8, 4) is 0 Å². The van der Waals surface area contributed by atoms with E-state index in [1.807, 2.05) is 51.4 Å². The van der Waals surface area contributed by atoms with Gasteiger partial charge in [0.05, 0.1) is 0 Å². The lowest BCUT2D eigenvalue weighted by molar-refractivity contribution is -0.132. The van der Waals surface area contributed by atoms with Gasteiger partial charge in [-0.3, -0.25) is 9.59 Å². The molecule has 1 aliphatic heterocycles. The van der Waals surface area contributed by atoms with Crippen LogP contribution in [0.5, 0.6) is 0 Å². The quantitative estimate of drug-likeness (QED) is 0.919. The first-order chi connectivity index (χ1) is 11.0. The zero-order valence-corrected chi connectivity index (χ0v) is 14.0. The molecule has 1 heterocycles. The summed E-state index contributed by atoms with van der Waals surface area (Å²) in [6, 6.07) is 9.87. The molecule has 2 amide bonds. The van der Waals surface area contributed by atoms with Crippen LogP contribution in [0.3, 0.4) is 0 Å². The maximum atomic E-state index is 12.7. The van der Waals surface area contributed by atoms with Gasteiger partial charge in [0, 0.05) is 23.7 Å². The lowest BCUT2D eigenvalue weighted by Gasteiger charge is -2.38. The summed E-state index contributed by atoms with van der Waals surface area (Å²) in [4.78, 5) is 29.0. The molecule has 0 spiro atoms. The number of benzene rings is 1. The minimum absolute atomic E-state index is 0.000494. The van der Waals surface area contributed by atoms with Crippen molar-refractivity contribution in [1.82, 2.24) is 10.2 Å². The molecular formula is C18H25N3O2. The highest BCUT2D eigenvalue weighted by Crippen LogP contribution is 2.32. The number of anilines is 1. The third-order valence-corrected chi connectivity index (χ3v) is 5.12. The van der Waals surface area contributed by atoms with Crippen LogP contribution in [-0.2, 0) is 9.59 Å². The third kappa shape index (κ3) is 3.11. The van der Waals surface area contributed by atoms with E-state index in [0.29, 0.717) is 12.5 Å². The van der Waals surface area contributed by atoms with Crippen LogP contribution in [0.15, 0.2) is 30.3 Å². The molecule has 0 aromatic heterocycles. The van der Waals surface area contributed by atoms with Crippen molar-refractivity contribution in [1.29, 1.82) is 0 Å². The Morgan fingerprint density at radius 2 is 1.83 bits per heavy atom. The van der Waals surface area contributed by atoms with E-state index in [-0.39, 0.29) is 23.8 Å². The van der Waals surface area contributed by atoms with Gasteiger partial charge in [-0.1, -0.05) is 18.2 Å². The molecule has 2 fully saturated rings. The van der Waals surface area contributed by atoms with Gasteiger partial charge in [-0.25, -0.2) is 0 Å². The van der Waals surface area contributed by atoms with Gasteiger partial charge in [0.1, 0.15) is 6.04 Å². The second-order valence-electron chi connectivity index (χ2n) is 6.98. The van der Waals surface area contributed by atoms with E-state index in [9.17, 15) is 9.59 Å². The lowest BCUT2D eigenvalue weighted by atomic mass is 9.79. The number of carbonyl (C=O) groups excluding carboxylic acids is 2. The first kappa shape index (κ1) is 16.0. The van der Waals surface area contributed by atoms with Gasteiger partial charge in [-0.2, -0.15) is 0 Å². The van der Waals surface area contributed by atoms with Crippen LogP contribution in [0.1, 0.15) is 26.2 Å². The normalized spacial score (nSPS) is 30.4. The number of carbonyl (C=O) groups is 2. The van der Waals surface area contributed by atoms with Crippen molar-refractivity contribution in [3.63, 3.8) is 0 Å². The molecule has 3 rings (SSSR count). The van der Waals surface area contributed by atoms with E-state index >= 15 is 0 Å². The number of para-hydroxylation sites is 1. The topological polar surface area (TPSA) is 52.7 Å². The van der Waals surface area contributed by atoms with Crippen molar-refractivity contribution < 1.29 is 9.59 Å². The Bertz CT molecular complexity index is 581. The molecule has 1 aromatic rings. The number of amides is 2. The maximum absolute atomic E-state index is 12.7. The summed E-state index contributed by atoms with van der Waals surface area (Å²) in [5.41, 5.74) is 0.901. The van der Waals surface area contributed by atoms with Crippen molar-refractivity contribution in [2.45, 2.75) is 44.3 Å². The van der Waals surface area contributed by atoms with Crippen LogP contribution in [0, 0.1) is 5.92 Å². The molecule has 1 aliphatic carbocycles. The van der Waals surface area contributed by atoms with E-state index in [1.54, 1.807) is 4.90 Å². The molecule has 2 aliphatic rings. The molecule has 0 bridgehead atoms. The summed E-state index contributed by atoms with van der Waals surface area (Å²) in [6.07, 6.45) is 2.44. The van der Waals surface area contributed by atoms with Crippen molar-refractivity contribution >= 4 is 17.5 Å². The summed E-state index contributed by atoms with van der Waals surface area (Å²) < 4.78 is 0. The highest BCUT2D eigenvalue weighted by Gasteiger charge is 2.42. The van der Waals surface area contributed by atoms with Gasteiger partial charge < -0.3 is 15.1 Å². The minimum Gasteiger partial charge on any atom is -0.344 e. The van der Waals surface area contributed by atoms with Gasteiger partial charge in [-0.15, -0.1) is 0 Å². The zero-order valence-electron chi connectivity index (χ0n) is 14.0. The second kappa shape index (κ2) is 6.32. The number of nitrogens with one attached hydrogen (secondary N) is 1. The summed E-state index contributed by atoms with van der Waals surface area (Å²) in [7, 11) is 4.08. The summed E-state index contributed by atoms with van der Waals surface area (Å²) in [6.45, 7) is 2.03. The molecule has 1 saturated carbocycles. The fourth-order valence-electron chi connectivity index (χ4n) is 3.54. The Morgan fingerprint density at radius 1 is 1.17 bits per heavy atom. The van der Waals surface area contributed by atoms with Crippen molar-refractivity contribution in [2.24, 2.45) is 5.92 Å². The van der Waals surface area contributed by atoms with E-state index in [4.69, 9.17) is 0 Å².